The highest BCUT2D eigenvalue weighted by atomic mass is 15.0. The molecule has 0 aliphatic rings. The van der Waals surface area contributed by atoms with Crippen molar-refractivity contribution in [1.82, 2.24) is 4.90 Å². The van der Waals surface area contributed by atoms with Crippen molar-refractivity contribution in [2.24, 2.45) is 29.6 Å². The van der Waals surface area contributed by atoms with E-state index in [9.17, 15) is 0 Å². The maximum atomic E-state index is 4.53. The minimum absolute atomic E-state index is 0.849. The topological polar surface area (TPSA) is 3.24 Å². The van der Waals surface area contributed by atoms with Crippen LogP contribution in [0.3, 0.4) is 0 Å². The molecule has 1 nitrogen and oxygen atoms in total. The number of hydrogen-bond acceptors (Lipinski definition) is 1. The Morgan fingerprint density at radius 3 is 1.16 bits per heavy atom. The van der Waals surface area contributed by atoms with Gasteiger partial charge in [-0.1, -0.05) is 194 Å². The highest BCUT2D eigenvalue weighted by Gasteiger charge is 2.12. The van der Waals surface area contributed by atoms with Crippen molar-refractivity contribution in [2.45, 2.75) is 228 Å². The predicted octanol–water partition coefficient (Wildman–Crippen LogP) is 16.7. The van der Waals surface area contributed by atoms with Crippen LogP contribution in [0.15, 0.2) is 36.5 Å². The third-order valence-electron chi connectivity index (χ3n) is 11.4. The molecule has 0 heterocycles. The van der Waals surface area contributed by atoms with E-state index >= 15 is 0 Å². The molecule has 2 atom stereocenters. The third-order valence-corrected chi connectivity index (χ3v) is 11.4. The maximum Gasteiger partial charge on any atom is -0.00218 e. The molecule has 2 unspecified atom stereocenters. The second-order valence-electron chi connectivity index (χ2n) is 18.5. The van der Waals surface area contributed by atoms with Gasteiger partial charge in [-0.2, -0.15) is 0 Å². The number of rotatable bonds is 38. The van der Waals surface area contributed by atoms with Crippen LogP contribution in [0.1, 0.15) is 228 Å². The Balaban J connectivity index is 4.15. The molecule has 0 aromatic rings. The van der Waals surface area contributed by atoms with Crippen LogP contribution in [0.25, 0.3) is 0 Å². The van der Waals surface area contributed by atoms with E-state index in [-0.39, 0.29) is 0 Å². The summed E-state index contributed by atoms with van der Waals surface area (Å²) in [6.07, 6.45) is 39.3. The molecule has 0 spiro atoms. The van der Waals surface area contributed by atoms with E-state index in [1.807, 2.05) is 0 Å². The van der Waals surface area contributed by atoms with Crippen molar-refractivity contribution < 1.29 is 0 Å². The summed E-state index contributed by atoms with van der Waals surface area (Å²) in [7, 11) is 4.37. The Hall–Kier alpha value is -0.820. The first-order chi connectivity index (χ1) is 23.9. The summed E-state index contributed by atoms with van der Waals surface area (Å²) in [5.74, 6) is 4.32. The van der Waals surface area contributed by atoms with Gasteiger partial charge in [-0.3, -0.25) is 0 Å². The Labute approximate surface area is 318 Å². The molecule has 0 aliphatic heterocycles. The first-order valence-electron chi connectivity index (χ1n) is 22.5. The molecule has 0 amide bonds. The number of allylic oxidation sites excluding steroid dienone is 3. The van der Waals surface area contributed by atoms with Gasteiger partial charge in [0.05, 0.1) is 0 Å². The highest BCUT2D eigenvalue weighted by Crippen LogP contribution is 2.27. The second-order valence-corrected chi connectivity index (χ2v) is 18.5. The first kappa shape index (κ1) is 49.2. The van der Waals surface area contributed by atoms with Crippen LogP contribution >= 0.6 is 0 Å². The molecule has 0 aliphatic carbocycles. The largest absolute Gasteiger partial charge is 0.309 e. The molecular formula is C49H95N. The minimum atomic E-state index is 0.849. The molecule has 0 bridgehead atoms. The van der Waals surface area contributed by atoms with Gasteiger partial charge in [0.1, 0.15) is 0 Å². The molecule has 0 saturated carbocycles. The van der Waals surface area contributed by atoms with Crippen molar-refractivity contribution in [3.8, 4) is 0 Å². The average Bonchev–Trinajstić information content (AvgIpc) is 3.03. The van der Waals surface area contributed by atoms with Crippen LogP contribution in [0, 0.1) is 29.6 Å². The van der Waals surface area contributed by atoms with Crippen LogP contribution in [-0.4, -0.2) is 25.5 Å². The summed E-state index contributed by atoms with van der Waals surface area (Å²) in [6.45, 7) is 28.8. The summed E-state index contributed by atoms with van der Waals surface area (Å²) in [5.41, 5.74) is 4.51. The standard InChI is InChI=1S/C49H95N/c1-42(2)27-22-31-46(7)35-24-33-44(5)29-18-14-12-16-20-38-49(41-48(9)37-26-40-50(10)11)39-21-17-13-15-19-30-45(6)34-25-36-47(8)32-23-28-43(3)4/h42-43,46-47,49H,5-6,9,12-41H2,1-4,7-8,10-11H3. The van der Waals surface area contributed by atoms with Gasteiger partial charge in [0.2, 0.25) is 0 Å². The zero-order chi connectivity index (χ0) is 37.4. The zero-order valence-electron chi connectivity index (χ0n) is 36.2. The molecule has 1 heteroatoms. The van der Waals surface area contributed by atoms with Gasteiger partial charge in [0, 0.05) is 0 Å². The monoisotopic (exact) mass is 698 g/mol. The van der Waals surface area contributed by atoms with E-state index in [0.29, 0.717) is 0 Å². The summed E-state index contributed by atoms with van der Waals surface area (Å²) in [6, 6.07) is 0. The molecular weight excluding hydrogens is 603 g/mol. The van der Waals surface area contributed by atoms with Crippen LogP contribution in [0.5, 0.6) is 0 Å². The molecule has 0 aromatic heterocycles. The first-order valence-corrected chi connectivity index (χ1v) is 22.5. The fourth-order valence-electron chi connectivity index (χ4n) is 7.87. The lowest BCUT2D eigenvalue weighted by molar-refractivity contribution is 0.382. The molecule has 0 N–H and O–H groups in total. The SMILES string of the molecule is C=C(CCCCCCCC(CCCCCCCC(=C)CCCC(C)CCCC(C)C)CC(=C)CCCN(C)C)CCCC(C)CCCC(C)C. The fourth-order valence-corrected chi connectivity index (χ4v) is 7.87. The molecule has 0 saturated heterocycles. The third kappa shape index (κ3) is 35.6. The smallest absolute Gasteiger partial charge is 0.00218 e. The van der Waals surface area contributed by atoms with E-state index in [2.05, 4.69) is 80.3 Å². The molecule has 0 aromatic carbocycles. The van der Waals surface area contributed by atoms with Crippen molar-refractivity contribution in [2.75, 3.05) is 20.6 Å². The number of unbranched alkanes of at least 4 members (excludes halogenated alkanes) is 8. The lowest BCUT2D eigenvalue weighted by Crippen LogP contribution is -2.13. The Bertz CT molecular complexity index is 735. The molecule has 0 rings (SSSR count). The molecule has 50 heavy (non-hydrogen) atoms. The lowest BCUT2D eigenvalue weighted by Gasteiger charge is -2.19. The summed E-state index contributed by atoms with van der Waals surface area (Å²) >= 11 is 0. The van der Waals surface area contributed by atoms with Gasteiger partial charge in [0.25, 0.3) is 0 Å². The summed E-state index contributed by atoms with van der Waals surface area (Å²) in [4.78, 5) is 2.31. The lowest BCUT2D eigenvalue weighted by atomic mass is 9.87. The average molecular weight is 698 g/mol. The van der Waals surface area contributed by atoms with E-state index in [0.717, 1.165) is 29.6 Å². The van der Waals surface area contributed by atoms with Crippen LogP contribution in [-0.2, 0) is 0 Å². The van der Waals surface area contributed by atoms with Gasteiger partial charge in [-0.15, -0.1) is 0 Å². The van der Waals surface area contributed by atoms with Crippen LogP contribution in [0.2, 0.25) is 0 Å². The van der Waals surface area contributed by atoms with Gasteiger partial charge in [0.15, 0.2) is 0 Å². The van der Waals surface area contributed by atoms with Gasteiger partial charge in [-0.05, 0) is 121 Å². The van der Waals surface area contributed by atoms with E-state index in [4.69, 9.17) is 0 Å². The molecule has 0 radical (unpaired) electrons. The normalized spacial score (nSPS) is 13.7. The van der Waals surface area contributed by atoms with Crippen LogP contribution < -0.4 is 0 Å². The quantitative estimate of drug-likeness (QED) is 0.0458. The highest BCUT2D eigenvalue weighted by molar-refractivity contribution is 4.96. The van der Waals surface area contributed by atoms with Crippen molar-refractivity contribution in [1.29, 1.82) is 0 Å². The Kier molecular flexibility index (Phi) is 33.4. The summed E-state index contributed by atoms with van der Waals surface area (Å²) < 4.78 is 0. The van der Waals surface area contributed by atoms with Crippen molar-refractivity contribution >= 4 is 0 Å². The van der Waals surface area contributed by atoms with Crippen LogP contribution in [0.4, 0.5) is 0 Å². The van der Waals surface area contributed by atoms with E-state index in [1.54, 1.807) is 0 Å². The zero-order valence-corrected chi connectivity index (χ0v) is 36.2. The molecule has 0 fully saturated rings. The number of hydrogen-bond donors (Lipinski definition) is 0. The summed E-state index contributed by atoms with van der Waals surface area (Å²) in [5, 5.41) is 0. The fraction of sp³-hybridized carbons (Fsp3) is 0.878. The van der Waals surface area contributed by atoms with E-state index in [1.165, 1.54) is 209 Å². The van der Waals surface area contributed by atoms with Crippen molar-refractivity contribution in [3.05, 3.63) is 36.5 Å². The minimum Gasteiger partial charge on any atom is -0.309 e. The predicted molar refractivity (Wildman–Crippen MR) is 231 cm³/mol. The Morgan fingerprint density at radius 1 is 0.380 bits per heavy atom. The molecule has 296 valence electrons. The Morgan fingerprint density at radius 2 is 0.740 bits per heavy atom. The van der Waals surface area contributed by atoms with Gasteiger partial charge in [-0.25, -0.2) is 0 Å². The number of nitrogens with zero attached hydrogens (tertiary/aromatic N) is 1. The van der Waals surface area contributed by atoms with Crippen molar-refractivity contribution in [3.63, 3.8) is 0 Å². The van der Waals surface area contributed by atoms with E-state index < -0.39 is 0 Å². The van der Waals surface area contributed by atoms with Gasteiger partial charge < -0.3 is 4.90 Å². The second kappa shape index (κ2) is 34.0. The maximum absolute atomic E-state index is 4.53. The van der Waals surface area contributed by atoms with Gasteiger partial charge >= 0.3 is 0 Å².